The lowest BCUT2D eigenvalue weighted by Gasteiger charge is -2.11. The first kappa shape index (κ1) is 20.0. The van der Waals surface area contributed by atoms with Crippen LogP contribution in [0.1, 0.15) is 0 Å². The van der Waals surface area contributed by atoms with E-state index in [1.807, 2.05) is 0 Å². The Morgan fingerprint density at radius 1 is 1.07 bits per heavy atom. The predicted molar refractivity (Wildman–Crippen MR) is 115 cm³/mol. The lowest BCUT2D eigenvalue weighted by molar-refractivity contribution is -0.136. The predicted octanol–water partition coefficient (Wildman–Crippen LogP) is 5.17. The highest BCUT2D eigenvalue weighted by atomic mass is 35.5. The summed E-state index contributed by atoms with van der Waals surface area (Å²) in [5.41, 5.74) is 1.82. The molecular weight excluding hydrogens is 428 g/mol. The van der Waals surface area contributed by atoms with Gasteiger partial charge in [0.05, 0.1) is 11.8 Å². The molecule has 8 heteroatoms. The van der Waals surface area contributed by atoms with Crippen molar-refractivity contribution in [3.05, 3.63) is 75.4 Å². The van der Waals surface area contributed by atoms with Gasteiger partial charge in [0.1, 0.15) is 5.75 Å². The number of fused-ring (bicyclic) bond motifs is 1. The van der Waals surface area contributed by atoms with Gasteiger partial charge in [-0.05, 0) is 35.9 Å². The molecule has 4 aromatic rings. The van der Waals surface area contributed by atoms with Gasteiger partial charge in [-0.15, -0.1) is 0 Å². The second kappa shape index (κ2) is 8.61. The standard InChI is InChI=1S/C22H15ClO6S/c1-26-17-4-2-3-5-18(17)27-12-20(24)28-15-10-16(13-6-8-14(23)9-7-13)21-19(11-15)30-22(25)29-21/h2-11H,12H2,1H3. The van der Waals surface area contributed by atoms with Crippen LogP contribution in [0.5, 0.6) is 17.2 Å². The lowest BCUT2D eigenvalue weighted by atomic mass is 10.0. The molecule has 3 aromatic carbocycles. The van der Waals surface area contributed by atoms with Crippen LogP contribution in [0, 0.1) is 0 Å². The van der Waals surface area contributed by atoms with E-state index in [0.29, 0.717) is 32.4 Å². The van der Waals surface area contributed by atoms with Crippen LogP contribution < -0.4 is 19.1 Å². The minimum atomic E-state index is -0.599. The first-order chi connectivity index (χ1) is 14.5. The first-order valence-corrected chi connectivity index (χ1v) is 10.0. The van der Waals surface area contributed by atoms with E-state index < -0.39 is 10.9 Å². The zero-order valence-corrected chi connectivity index (χ0v) is 17.3. The number of halogens is 1. The Kier molecular flexibility index (Phi) is 5.74. The summed E-state index contributed by atoms with van der Waals surface area (Å²) in [5.74, 6) is 0.624. The number of carbonyl (C=O) groups excluding carboxylic acids is 1. The van der Waals surface area contributed by atoms with E-state index in [2.05, 4.69) is 0 Å². The molecule has 1 aromatic heterocycles. The van der Waals surface area contributed by atoms with E-state index >= 15 is 0 Å². The van der Waals surface area contributed by atoms with Gasteiger partial charge in [-0.2, -0.15) is 0 Å². The van der Waals surface area contributed by atoms with Gasteiger partial charge < -0.3 is 18.6 Å². The molecular formula is C22H15ClO6S. The average Bonchev–Trinajstić information content (AvgIpc) is 3.12. The van der Waals surface area contributed by atoms with Gasteiger partial charge in [0.2, 0.25) is 0 Å². The molecule has 0 saturated heterocycles. The highest BCUT2D eigenvalue weighted by molar-refractivity contribution is 7.16. The molecule has 0 aliphatic rings. The molecule has 6 nitrogen and oxygen atoms in total. The Morgan fingerprint density at radius 2 is 1.80 bits per heavy atom. The van der Waals surface area contributed by atoms with Crippen LogP contribution in [-0.2, 0) is 4.79 Å². The zero-order valence-electron chi connectivity index (χ0n) is 15.7. The van der Waals surface area contributed by atoms with Crippen LogP contribution in [0.2, 0.25) is 5.02 Å². The molecule has 152 valence electrons. The molecule has 30 heavy (non-hydrogen) atoms. The monoisotopic (exact) mass is 442 g/mol. The second-order valence-corrected chi connectivity index (χ2v) is 7.59. The smallest absolute Gasteiger partial charge is 0.396 e. The van der Waals surface area contributed by atoms with E-state index in [9.17, 15) is 9.59 Å². The number of carbonyl (C=O) groups is 1. The number of rotatable bonds is 6. The van der Waals surface area contributed by atoms with Crippen molar-refractivity contribution in [2.45, 2.75) is 0 Å². The van der Waals surface area contributed by atoms with E-state index in [1.165, 1.54) is 7.11 Å². The molecule has 0 amide bonds. The number of methoxy groups -OCH3 is 1. The molecule has 1 heterocycles. The van der Waals surface area contributed by atoms with Crippen molar-refractivity contribution in [1.82, 2.24) is 0 Å². The number of ether oxygens (including phenoxy) is 3. The molecule has 0 radical (unpaired) electrons. The van der Waals surface area contributed by atoms with Crippen LogP contribution in [0.25, 0.3) is 21.4 Å². The van der Waals surface area contributed by atoms with Crippen LogP contribution in [0.15, 0.2) is 69.9 Å². The average molecular weight is 443 g/mol. The third kappa shape index (κ3) is 4.32. The van der Waals surface area contributed by atoms with Gasteiger partial charge >= 0.3 is 10.9 Å². The summed E-state index contributed by atoms with van der Waals surface area (Å²) < 4.78 is 22.0. The maximum atomic E-state index is 12.3. The number of benzene rings is 3. The fourth-order valence-corrected chi connectivity index (χ4v) is 3.74. The summed E-state index contributed by atoms with van der Waals surface area (Å²) in [6, 6.07) is 17.3. The number of esters is 1. The van der Waals surface area contributed by atoms with Crippen LogP contribution in [0.3, 0.4) is 0 Å². The van der Waals surface area contributed by atoms with Crippen LogP contribution in [-0.4, -0.2) is 19.7 Å². The van der Waals surface area contributed by atoms with Crippen LogP contribution >= 0.6 is 22.9 Å². The number of hydrogen-bond acceptors (Lipinski definition) is 7. The fourth-order valence-electron chi connectivity index (χ4n) is 2.89. The van der Waals surface area contributed by atoms with Gasteiger partial charge in [0.25, 0.3) is 0 Å². The number of para-hydroxylation sites is 2. The minimum absolute atomic E-state index is 0.276. The van der Waals surface area contributed by atoms with Crippen LogP contribution in [0.4, 0.5) is 0 Å². The Morgan fingerprint density at radius 3 is 2.53 bits per heavy atom. The highest BCUT2D eigenvalue weighted by Gasteiger charge is 2.16. The largest absolute Gasteiger partial charge is 0.493 e. The normalized spacial score (nSPS) is 10.7. The van der Waals surface area contributed by atoms with Crippen molar-refractivity contribution in [3.8, 4) is 28.4 Å². The Bertz CT molecular complexity index is 1260. The maximum absolute atomic E-state index is 12.3. The molecule has 0 aliphatic carbocycles. The molecule has 4 rings (SSSR count). The highest BCUT2D eigenvalue weighted by Crippen LogP contribution is 2.35. The summed E-state index contributed by atoms with van der Waals surface area (Å²) in [6.07, 6.45) is 0. The maximum Gasteiger partial charge on any atom is 0.396 e. The topological polar surface area (TPSA) is 75.0 Å². The van der Waals surface area contributed by atoms with Gasteiger partial charge in [0.15, 0.2) is 23.7 Å². The van der Waals surface area contributed by atoms with Crippen molar-refractivity contribution < 1.29 is 23.4 Å². The van der Waals surface area contributed by atoms with Crippen molar-refractivity contribution in [2.75, 3.05) is 13.7 Å². The van der Waals surface area contributed by atoms with Crippen molar-refractivity contribution in [2.24, 2.45) is 0 Å². The minimum Gasteiger partial charge on any atom is -0.493 e. The van der Waals surface area contributed by atoms with Crippen molar-refractivity contribution >= 4 is 39.2 Å². The van der Waals surface area contributed by atoms with Gasteiger partial charge in [-0.25, -0.2) is 9.59 Å². The first-order valence-electron chi connectivity index (χ1n) is 8.83. The second-order valence-electron chi connectivity index (χ2n) is 6.17. The lowest BCUT2D eigenvalue weighted by Crippen LogP contribution is -2.18. The molecule has 0 aliphatic heterocycles. The fraction of sp³-hybridized carbons (Fsp3) is 0.0909. The Hall–Kier alpha value is -3.29. The summed E-state index contributed by atoms with van der Waals surface area (Å²) >= 11 is 6.90. The summed E-state index contributed by atoms with van der Waals surface area (Å²) in [6.45, 7) is -0.309. The molecule has 0 atom stereocenters. The zero-order chi connectivity index (χ0) is 21.1. The van der Waals surface area contributed by atoms with E-state index in [0.717, 1.165) is 16.9 Å². The summed E-state index contributed by atoms with van der Waals surface area (Å²) in [5, 5.41) is 0.581. The summed E-state index contributed by atoms with van der Waals surface area (Å²) in [7, 11) is 1.52. The van der Waals surface area contributed by atoms with Gasteiger partial charge in [0, 0.05) is 16.7 Å². The third-order valence-electron chi connectivity index (χ3n) is 4.21. The summed E-state index contributed by atoms with van der Waals surface area (Å²) in [4.78, 5) is 23.7. The third-order valence-corrected chi connectivity index (χ3v) is 5.23. The molecule has 0 spiro atoms. The number of hydrogen-bond donors (Lipinski definition) is 0. The Labute approximate surface area is 180 Å². The molecule has 0 N–H and O–H groups in total. The van der Waals surface area contributed by atoms with E-state index in [-0.39, 0.29) is 12.4 Å². The van der Waals surface area contributed by atoms with Gasteiger partial charge in [-0.3, -0.25) is 0 Å². The van der Waals surface area contributed by atoms with E-state index in [4.69, 9.17) is 30.2 Å². The van der Waals surface area contributed by atoms with E-state index in [1.54, 1.807) is 60.7 Å². The quantitative estimate of drug-likeness (QED) is 0.303. The van der Waals surface area contributed by atoms with Crippen molar-refractivity contribution in [3.63, 3.8) is 0 Å². The molecule has 0 fully saturated rings. The Balaban J connectivity index is 1.59. The molecule has 0 unspecified atom stereocenters. The SMILES string of the molecule is COc1ccccc1OCC(=O)Oc1cc(-c2ccc(Cl)cc2)c2oc(=O)sc2c1. The molecule has 0 saturated carbocycles. The van der Waals surface area contributed by atoms with Crippen molar-refractivity contribution in [1.29, 1.82) is 0 Å². The molecule has 0 bridgehead atoms. The van der Waals surface area contributed by atoms with Gasteiger partial charge in [-0.1, -0.05) is 47.2 Å².